The molecule has 0 saturated heterocycles. The van der Waals surface area contributed by atoms with E-state index in [-0.39, 0.29) is 0 Å². The lowest BCUT2D eigenvalue weighted by Crippen LogP contribution is -2.04. The van der Waals surface area contributed by atoms with Gasteiger partial charge < -0.3 is 4.79 Å². The van der Waals surface area contributed by atoms with Gasteiger partial charge in [-0.2, -0.15) is 0 Å². The molecule has 0 amide bonds. The van der Waals surface area contributed by atoms with Crippen LogP contribution in [0.4, 0.5) is 0 Å². The molecule has 0 fully saturated rings. The third-order valence-corrected chi connectivity index (χ3v) is 2.24. The second-order valence-electron chi connectivity index (χ2n) is 3.58. The van der Waals surface area contributed by atoms with Crippen molar-refractivity contribution in [2.75, 3.05) is 0 Å². The fourth-order valence-corrected chi connectivity index (χ4v) is 1.37. The molecule has 1 atom stereocenters. The van der Waals surface area contributed by atoms with Crippen molar-refractivity contribution in [3.8, 4) is 0 Å². The highest BCUT2D eigenvalue weighted by atomic mass is 16.3. The maximum Gasteiger partial charge on any atom is 0.152 e. The predicted molar refractivity (Wildman–Crippen MR) is 53.1 cm³/mol. The van der Waals surface area contributed by atoms with E-state index in [0.717, 1.165) is 12.8 Å². The van der Waals surface area contributed by atoms with Crippen molar-refractivity contribution >= 4 is 6.29 Å². The fraction of sp³-hybridized carbons (Fsp3) is 0.909. The Kier molecular flexibility index (Phi) is 9.44. The molecule has 2 nitrogen and oxygen atoms in total. The van der Waals surface area contributed by atoms with E-state index in [1.165, 1.54) is 32.1 Å². The Bertz CT molecular complexity index is 113. The van der Waals surface area contributed by atoms with E-state index in [9.17, 15) is 9.90 Å². The molecule has 0 aromatic heterocycles. The van der Waals surface area contributed by atoms with Gasteiger partial charge in [0.15, 0.2) is 6.29 Å². The Balaban J connectivity index is 2.95. The molecule has 77 valence electrons. The first-order valence-corrected chi connectivity index (χ1v) is 5.42. The average molecular weight is 185 g/mol. The first kappa shape index (κ1) is 12.6. The van der Waals surface area contributed by atoms with Gasteiger partial charge in [0, 0.05) is 0 Å². The largest absolute Gasteiger partial charge is 0.300 e. The summed E-state index contributed by atoms with van der Waals surface area (Å²) in [5.74, 6) is 0. The smallest absolute Gasteiger partial charge is 0.152 e. The van der Waals surface area contributed by atoms with E-state index in [2.05, 4.69) is 6.92 Å². The third-order valence-electron chi connectivity index (χ3n) is 2.24. The number of hydrogen-bond donors (Lipinski definition) is 0. The molecule has 0 rings (SSSR count). The molecule has 1 unspecified atom stereocenters. The Labute approximate surface area is 81.3 Å². The van der Waals surface area contributed by atoms with Crippen molar-refractivity contribution in [1.29, 1.82) is 0 Å². The monoisotopic (exact) mass is 185 g/mol. The second-order valence-corrected chi connectivity index (χ2v) is 3.58. The number of carbonyl (C=O) groups excluding carboxylic acids is 1. The van der Waals surface area contributed by atoms with E-state index in [1.807, 2.05) is 0 Å². The minimum atomic E-state index is -0.976. The van der Waals surface area contributed by atoms with Gasteiger partial charge >= 0.3 is 0 Å². The molecule has 13 heavy (non-hydrogen) atoms. The number of aldehydes is 1. The Hall–Kier alpha value is -0.370. The Morgan fingerprint density at radius 1 is 1.00 bits per heavy atom. The van der Waals surface area contributed by atoms with Gasteiger partial charge in [-0.05, 0) is 6.42 Å². The van der Waals surface area contributed by atoms with Crippen molar-refractivity contribution in [1.82, 2.24) is 0 Å². The summed E-state index contributed by atoms with van der Waals surface area (Å²) in [5, 5.41) is 10.7. The van der Waals surface area contributed by atoms with Crippen molar-refractivity contribution in [2.45, 2.75) is 64.4 Å². The number of unbranched alkanes of at least 4 members (excludes halogenated alkanes) is 6. The topological polar surface area (TPSA) is 37.0 Å². The molecule has 0 aliphatic rings. The maximum atomic E-state index is 10.7. The summed E-state index contributed by atoms with van der Waals surface area (Å²) in [6, 6.07) is 0. The lowest BCUT2D eigenvalue weighted by Gasteiger charge is -2.01. The molecule has 0 saturated carbocycles. The van der Waals surface area contributed by atoms with Crippen LogP contribution in [0.2, 0.25) is 0 Å². The van der Waals surface area contributed by atoms with Gasteiger partial charge in [0.05, 0.1) is 0 Å². The second kappa shape index (κ2) is 9.72. The summed E-state index contributed by atoms with van der Waals surface area (Å²) < 4.78 is 0. The highest BCUT2D eigenvalue weighted by Gasteiger charge is 2.01. The average Bonchev–Trinajstić information content (AvgIpc) is 2.16. The van der Waals surface area contributed by atoms with Gasteiger partial charge in [-0.15, -0.1) is 0 Å². The van der Waals surface area contributed by atoms with Crippen LogP contribution in [0.3, 0.4) is 0 Å². The quantitative estimate of drug-likeness (QED) is 0.401. The molecule has 1 radical (unpaired) electrons. The maximum absolute atomic E-state index is 10.7. The third kappa shape index (κ3) is 9.54. The van der Waals surface area contributed by atoms with Gasteiger partial charge in [-0.1, -0.05) is 51.9 Å². The van der Waals surface area contributed by atoms with Gasteiger partial charge in [0.1, 0.15) is 6.10 Å². The molecule has 0 bridgehead atoms. The zero-order chi connectivity index (χ0) is 9.94. The highest BCUT2D eigenvalue weighted by Crippen LogP contribution is 2.09. The van der Waals surface area contributed by atoms with Crippen LogP contribution in [-0.4, -0.2) is 12.4 Å². The van der Waals surface area contributed by atoms with Crippen molar-refractivity contribution in [3.05, 3.63) is 0 Å². The molecular formula is C11H21O2. The van der Waals surface area contributed by atoms with E-state index < -0.39 is 6.10 Å². The predicted octanol–water partition coefficient (Wildman–Crippen LogP) is 3.13. The molecule has 0 N–H and O–H groups in total. The first-order valence-electron chi connectivity index (χ1n) is 5.42. The van der Waals surface area contributed by atoms with Crippen LogP contribution >= 0.6 is 0 Å². The lowest BCUT2D eigenvalue weighted by molar-refractivity contribution is -0.118. The van der Waals surface area contributed by atoms with Crippen molar-refractivity contribution in [3.63, 3.8) is 0 Å². The van der Waals surface area contributed by atoms with Crippen molar-refractivity contribution < 1.29 is 9.90 Å². The van der Waals surface area contributed by atoms with Gasteiger partial charge in [-0.25, -0.2) is 5.11 Å². The molecule has 2 heteroatoms. The van der Waals surface area contributed by atoms with Crippen molar-refractivity contribution in [2.24, 2.45) is 0 Å². The molecule has 0 aromatic rings. The fourth-order valence-electron chi connectivity index (χ4n) is 1.37. The normalized spacial score (nSPS) is 12.8. The zero-order valence-electron chi connectivity index (χ0n) is 8.63. The summed E-state index contributed by atoms with van der Waals surface area (Å²) in [7, 11) is 0. The Morgan fingerprint density at radius 2 is 1.54 bits per heavy atom. The number of hydrogen-bond acceptors (Lipinski definition) is 1. The van der Waals surface area contributed by atoms with Crippen LogP contribution in [0.1, 0.15) is 58.3 Å². The van der Waals surface area contributed by atoms with Crippen LogP contribution < -0.4 is 0 Å². The van der Waals surface area contributed by atoms with Crippen LogP contribution in [0.5, 0.6) is 0 Å². The number of rotatable bonds is 9. The zero-order valence-corrected chi connectivity index (χ0v) is 8.63. The minimum absolute atomic E-state index is 0.511. The van der Waals surface area contributed by atoms with Crippen LogP contribution in [-0.2, 0) is 9.90 Å². The highest BCUT2D eigenvalue weighted by molar-refractivity contribution is 5.55. The van der Waals surface area contributed by atoms with Gasteiger partial charge in [0.2, 0.25) is 0 Å². The number of carbonyl (C=O) groups is 1. The van der Waals surface area contributed by atoms with Gasteiger partial charge in [0.25, 0.3) is 0 Å². The summed E-state index contributed by atoms with van der Waals surface area (Å²) in [4.78, 5) is 10.00. The van der Waals surface area contributed by atoms with E-state index in [4.69, 9.17) is 0 Å². The molecule has 0 aliphatic heterocycles. The molecule has 0 aliphatic carbocycles. The first-order chi connectivity index (χ1) is 6.31. The van der Waals surface area contributed by atoms with Gasteiger partial charge in [-0.3, -0.25) is 0 Å². The standard InChI is InChI=1S/C11H21O2/c1-2-3-4-5-6-7-8-9-11(13)10-12/h10-11H,2-9H2,1H3. The lowest BCUT2D eigenvalue weighted by atomic mass is 10.1. The van der Waals surface area contributed by atoms with E-state index in [1.54, 1.807) is 0 Å². The Morgan fingerprint density at radius 3 is 2.08 bits per heavy atom. The molecular weight excluding hydrogens is 164 g/mol. The van der Waals surface area contributed by atoms with Crippen LogP contribution in [0.15, 0.2) is 0 Å². The SMILES string of the molecule is CCCCCCCCCC([O])C=O. The molecule has 0 spiro atoms. The molecule has 0 heterocycles. The minimum Gasteiger partial charge on any atom is -0.300 e. The summed E-state index contributed by atoms with van der Waals surface area (Å²) in [6.07, 6.45) is 8.47. The van der Waals surface area contributed by atoms with Crippen LogP contribution in [0.25, 0.3) is 0 Å². The summed E-state index contributed by atoms with van der Waals surface area (Å²) in [6.45, 7) is 2.20. The molecule has 0 aromatic carbocycles. The summed E-state index contributed by atoms with van der Waals surface area (Å²) >= 11 is 0. The summed E-state index contributed by atoms with van der Waals surface area (Å²) in [5.41, 5.74) is 0. The van der Waals surface area contributed by atoms with E-state index >= 15 is 0 Å². The van der Waals surface area contributed by atoms with E-state index in [0.29, 0.717) is 12.7 Å². The van der Waals surface area contributed by atoms with Crippen LogP contribution in [0, 0.1) is 0 Å².